The van der Waals surface area contributed by atoms with Crippen LogP contribution >= 0.6 is 0 Å². The number of carbonyl (C=O) groups is 1. The molecule has 0 bridgehead atoms. The second-order valence-electron chi connectivity index (χ2n) is 7.39. The van der Waals surface area contributed by atoms with E-state index in [0.717, 1.165) is 12.0 Å². The molecule has 1 fully saturated rings. The molecule has 4 aromatic rings. The van der Waals surface area contributed by atoms with Crippen LogP contribution in [0.1, 0.15) is 12.5 Å². The molecular weight excluding hydrogens is 406 g/mol. The van der Waals surface area contributed by atoms with Crippen LogP contribution in [0.4, 0.5) is 5.82 Å². The van der Waals surface area contributed by atoms with Crippen molar-refractivity contribution in [3.63, 3.8) is 0 Å². The second-order valence-corrected chi connectivity index (χ2v) is 7.39. The number of rotatable bonds is 4. The summed E-state index contributed by atoms with van der Waals surface area (Å²) in [6.45, 7) is 1.03. The van der Waals surface area contributed by atoms with Crippen molar-refractivity contribution >= 4 is 22.8 Å². The van der Waals surface area contributed by atoms with Crippen molar-refractivity contribution in [2.45, 2.75) is 12.5 Å². The zero-order valence-electron chi connectivity index (χ0n) is 17.0. The fraction of sp³-hybridized carbons (Fsp3) is 0.174. The summed E-state index contributed by atoms with van der Waals surface area (Å²) in [7, 11) is 0. The van der Waals surface area contributed by atoms with Gasteiger partial charge in [-0.1, -0.05) is 18.2 Å². The first-order valence-electron chi connectivity index (χ1n) is 10.1. The maximum atomic E-state index is 11.9. The number of nitrogens with two attached hydrogens (primary N) is 1. The van der Waals surface area contributed by atoms with Crippen LogP contribution in [0.5, 0.6) is 11.6 Å². The number of likely N-dealkylation sites (tertiary alicyclic amines) is 1. The van der Waals surface area contributed by atoms with Crippen LogP contribution in [-0.4, -0.2) is 48.6 Å². The van der Waals surface area contributed by atoms with Gasteiger partial charge in [0.1, 0.15) is 23.6 Å². The number of para-hydroxylation sites is 1. The number of hydrogen-bond donors (Lipinski definition) is 1. The number of carbonyl (C=O) groups excluding carboxylic acids is 1. The largest absolute Gasteiger partial charge is 0.439 e. The SMILES string of the molecule is C#CC(=O)N1CC[C@@H](n2nc(-c3ccc(Oc4ccccc4)nc3)c3c(N)ncnc32)C1. The van der Waals surface area contributed by atoms with E-state index in [9.17, 15) is 4.79 Å². The molecule has 2 N–H and O–H groups in total. The summed E-state index contributed by atoms with van der Waals surface area (Å²) in [6.07, 6.45) is 9.08. The average Bonchev–Trinajstić information content (AvgIpc) is 3.46. The molecule has 9 heteroatoms. The Balaban J connectivity index is 1.50. The lowest BCUT2D eigenvalue weighted by atomic mass is 10.1. The van der Waals surface area contributed by atoms with Crippen LogP contribution in [0, 0.1) is 12.3 Å². The smallest absolute Gasteiger partial charge is 0.298 e. The van der Waals surface area contributed by atoms with Crippen molar-refractivity contribution in [2.75, 3.05) is 18.8 Å². The summed E-state index contributed by atoms with van der Waals surface area (Å²) in [6, 6.07) is 13.0. The fourth-order valence-corrected chi connectivity index (χ4v) is 3.86. The molecule has 4 heterocycles. The van der Waals surface area contributed by atoms with E-state index in [2.05, 4.69) is 20.9 Å². The van der Waals surface area contributed by atoms with E-state index in [1.807, 2.05) is 36.4 Å². The van der Waals surface area contributed by atoms with Gasteiger partial charge >= 0.3 is 0 Å². The van der Waals surface area contributed by atoms with E-state index in [1.54, 1.807) is 21.8 Å². The van der Waals surface area contributed by atoms with Gasteiger partial charge < -0.3 is 15.4 Å². The van der Waals surface area contributed by atoms with Crippen LogP contribution in [0.15, 0.2) is 55.0 Å². The number of pyridine rings is 1. The molecule has 1 aliphatic rings. The number of anilines is 1. The average molecular weight is 425 g/mol. The Bertz CT molecular complexity index is 1330. The van der Waals surface area contributed by atoms with Gasteiger partial charge in [0.05, 0.1) is 11.4 Å². The van der Waals surface area contributed by atoms with Gasteiger partial charge in [0.15, 0.2) is 5.65 Å². The Morgan fingerprint density at radius 1 is 1.16 bits per heavy atom. The van der Waals surface area contributed by atoms with Gasteiger partial charge in [-0.25, -0.2) is 19.6 Å². The summed E-state index contributed by atoms with van der Waals surface area (Å²) in [4.78, 5) is 26.5. The molecule has 32 heavy (non-hydrogen) atoms. The molecule has 3 aromatic heterocycles. The molecule has 0 radical (unpaired) electrons. The number of benzene rings is 1. The molecule has 0 saturated carbocycles. The van der Waals surface area contributed by atoms with Crippen LogP contribution in [0.3, 0.4) is 0 Å². The highest BCUT2D eigenvalue weighted by Gasteiger charge is 2.30. The lowest BCUT2D eigenvalue weighted by Crippen LogP contribution is -2.27. The number of terminal acetylenes is 1. The van der Waals surface area contributed by atoms with E-state index in [0.29, 0.717) is 47.3 Å². The lowest BCUT2D eigenvalue weighted by Gasteiger charge is -2.13. The first kappa shape index (κ1) is 19.5. The summed E-state index contributed by atoms with van der Waals surface area (Å²) < 4.78 is 7.58. The van der Waals surface area contributed by atoms with E-state index in [1.165, 1.54) is 6.33 Å². The fourth-order valence-electron chi connectivity index (χ4n) is 3.86. The van der Waals surface area contributed by atoms with Crippen molar-refractivity contribution in [3.8, 4) is 35.2 Å². The van der Waals surface area contributed by atoms with Crippen LogP contribution < -0.4 is 10.5 Å². The van der Waals surface area contributed by atoms with E-state index in [-0.39, 0.29) is 11.9 Å². The van der Waals surface area contributed by atoms with Gasteiger partial charge in [0, 0.05) is 30.9 Å². The van der Waals surface area contributed by atoms with Crippen LogP contribution in [-0.2, 0) is 4.79 Å². The topological polar surface area (TPSA) is 112 Å². The minimum absolute atomic E-state index is 0.0634. The van der Waals surface area contributed by atoms with E-state index < -0.39 is 0 Å². The number of fused-ring (bicyclic) bond motifs is 1. The van der Waals surface area contributed by atoms with E-state index >= 15 is 0 Å². The Labute approximate surface area is 183 Å². The summed E-state index contributed by atoms with van der Waals surface area (Å²) in [5.41, 5.74) is 8.18. The van der Waals surface area contributed by atoms with Crippen molar-refractivity contribution in [1.82, 2.24) is 29.6 Å². The molecule has 1 aromatic carbocycles. The normalized spacial score (nSPS) is 15.6. The van der Waals surface area contributed by atoms with Crippen molar-refractivity contribution < 1.29 is 9.53 Å². The first-order chi connectivity index (χ1) is 15.6. The van der Waals surface area contributed by atoms with E-state index in [4.69, 9.17) is 22.0 Å². The molecule has 0 spiro atoms. The third-order valence-electron chi connectivity index (χ3n) is 5.41. The summed E-state index contributed by atoms with van der Waals surface area (Å²) >= 11 is 0. The third kappa shape index (κ3) is 3.48. The molecule has 1 saturated heterocycles. The van der Waals surface area contributed by atoms with Crippen molar-refractivity contribution in [3.05, 3.63) is 55.0 Å². The monoisotopic (exact) mass is 425 g/mol. The lowest BCUT2D eigenvalue weighted by molar-refractivity contribution is -0.124. The molecule has 0 unspecified atom stereocenters. The van der Waals surface area contributed by atoms with Crippen molar-refractivity contribution in [1.29, 1.82) is 0 Å². The van der Waals surface area contributed by atoms with Gasteiger partial charge in [-0.05, 0) is 30.5 Å². The van der Waals surface area contributed by atoms with Gasteiger partial charge in [-0.2, -0.15) is 5.10 Å². The zero-order valence-corrected chi connectivity index (χ0v) is 17.0. The molecule has 0 aliphatic carbocycles. The van der Waals surface area contributed by atoms with Gasteiger partial charge in [-0.3, -0.25) is 4.79 Å². The number of amides is 1. The van der Waals surface area contributed by atoms with Crippen LogP contribution in [0.25, 0.3) is 22.3 Å². The number of nitrogens with zero attached hydrogens (tertiary/aromatic N) is 6. The summed E-state index contributed by atoms with van der Waals surface area (Å²) in [5, 5.41) is 5.45. The zero-order chi connectivity index (χ0) is 22.1. The quantitative estimate of drug-likeness (QED) is 0.500. The second kappa shape index (κ2) is 8.00. The Kier molecular flexibility index (Phi) is 4.88. The third-order valence-corrected chi connectivity index (χ3v) is 5.41. The predicted octanol–water partition coefficient (Wildman–Crippen LogP) is 2.67. The van der Waals surface area contributed by atoms with Crippen LogP contribution in [0.2, 0.25) is 0 Å². The maximum absolute atomic E-state index is 11.9. The predicted molar refractivity (Wildman–Crippen MR) is 119 cm³/mol. The van der Waals surface area contributed by atoms with Gasteiger partial charge in [-0.15, -0.1) is 6.42 Å². The number of aromatic nitrogens is 5. The molecule has 9 nitrogen and oxygen atoms in total. The number of nitrogen functional groups attached to an aromatic ring is 1. The Morgan fingerprint density at radius 2 is 2.00 bits per heavy atom. The highest BCUT2D eigenvalue weighted by atomic mass is 16.5. The number of hydrogen-bond acceptors (Lipinski definition) is 7. The number of ether oxygens (including phenoxy) is 1. The molecular formula is C23H19N7O2. The highest BCUT2D eigenvalue weighted by Crippen LogP contribution is 2.34. The molecule has 5 rings (SSSR count). The Hall–Kier alpha value is -4.45. The minimum Gasteiger partial charge on any atom is -0.439 e. The van der Waals surface area contributed by atoms with Gasteiger partial charge in [0.2, 0.25) is 5.88 Å². The highest BCUT2D eigenvalue weighted by molar-refractivity contribution is 5.98. The minimum atomic E-state index is -0.323. The molecule has 158 valence electrons. The molecule has 1 aliphatic heterocycles. The maximum Gasteiger partial charge on any atom is 0.298 e. The molecule has 1 atom stereocenters. The first-order valence-corrected chi connectivity index (χ1v) is 10.1. The van der Waals surface area contributed by atoms with Gasteiger partial charge in [0.25, 0.3) is 5.91 Å². The summed E-state index contributed by atoms with van der Waals surface area (Å²) in [5.74, 6) is 3.34. The Morgan fingerprint density at radius 3 is 2.75 bits per heavy atom. The molecule has 1 amide bonds. The standard InChI is InChI=1S/C23H19N7O2/c1-2-19(31)29-11-10-16(13-29)30-23-20(22(24)26-14-27-23)21(28-30)15-8-9-18(25-12-15)32-17-6-4-3-5-7-17/h1,3-9,12,14,16H,10-11,13H2,(H2,24,26,27)/t16-/m1/s1. The van der Waals surface area contributed by atoms with Crippen molar-refractivity contribution in [2.24, 2.45) is 0 Å².